The van der Waals surface area contributed by atoms with Crippen LogP contribution in [0.25, 0.3) is 0 Å². The van der Waals surface area contributed by atoms with Crippen molar-refractivity contribution in [2.45, 2.75) is 64.6 Å². The molecular formula is C15H26O2. The number of hydrogen-bond acceptors (Lipinski definition) is 2. The molecule has 2 N–H and O–H groups in total. The highest BCUT2D eigenvalue weighted by molar-refractivity contribution is 5.15. The fourth-order valence-electron chi connectivity index (χ4n) is 3.84. The number of allylic oxidation sites excluding steroid dienone is 1. The lowest BCUT2D eigenvalue weighted by atomic mass is 9.54. The van der Waals surface area contributed by atoms with E-state index in [1.807, 2.05) is 13.8 Å². The fraction of sp³-hybridized carbons (Fsp3) is 0.867. The minimum atomic E-state index is -0.694. The predicted octanol–water partition coefficient (Wildman–Crippen LogP) is 2.89. The van der Waals surface area contributed by atoms with Gasteiger partial charge in [-0.15, -0.1) is 0 Å². The molecule has 2 nitrogen and oxygen atoms in total. The quantitative estimate of drug-likeness (QED) is 0.690. The Bertz CT molecular complexity index is 315. The van der Waals surface area contributed by atoms with Gasteiger partial charge in [0.05, 0.1) is 11.7 Å². The number of fused-ring (bicyclic) bond motifs is 1. The summed E-state index contributed by atoms with van der Waals surface area (Å²) in [6.07, 6.45) is 4.74. The highest BCUT2D eigenvalue weighted by Gasteiger charge is 2.50. The van der Waals surface area contributed by atoms with Crippen LogP contribution < -0.4 is 0 Å². The third-order valence-corrected chi connectivity index (χ3v) is 5.29. The Balaban J connectivity index is 2.25. The lowest BCUT2D eigenvalue weighted by molar-refractivity contribution is -0.109. The van der Waals surface area contributed by atoms with Crippen molar-refractivity contribution < 1.29 is 10.2 Å². The summed E-state index contributed by atoms with van der Waals surface area (Å²) >= 11 is 0. The lowest BCUT2D eigenvalue weighted by Crippen LogP contribution is -2.51. The summed E-state index contributed by atoms with van der Waals surface area (Å²) in [5.74, 6) is 0.571. The molecular weight excluding hydrogens is 212 g/mol. The van der Waals surface area contributed by atoms with Gasteiger partial charge in [0, 0.05) is 5.41 Å². The van der Waals surface area contributed by atoms with E-state index in [9.17, 15) is 10.2 Å². The second-order valence-corrected chi connectivity index (χ2v) is 6.91. The van der Waals surface area contributed by atoms with E-state index < -0.39 is 5.60 Å². The number of hydrogen-bond donors (Lipinski definition) is 2. The summed E-state index contributed by atoms with van der Waals surface area (Å²) in [4.78, 5) is 0. The van der Waals surface area contributed by atoms with Gasteiger partial charge in [-0.2, -0.15) is 0 Å². The van der Waals surface area contributed by atoms with E-state index in [1.165, 1.54) is 5.57 Å². The van der Waals surface area contributed by atoms with Crippen LogP contribution in [-0.4, -0.2) is 21.9 Å². The largest absolute Gasteiger partial charge is 0.393 e. The Morgan fingerprint density at radius 1 is 1.35 bits per heavy atom. The van der Waals surface area contributed by atoms with Gasteiger partial charge in [0.1, 0.15) is 0 Å². The zero-order chi connectivity index (χ0) is 12.8. The average Bonchev–Trinajstić information content (AvgIpc) is 2.19. The van der Waals surface area contributed by atoms with E-state index in [0.29, 0.717) is 5.92 Å². The lowest BCUT2D eigenvalue weighted by Gasteiger charge is -2.53. The van der Waals surface area contributed by atoms with Crippen LogP contribution in [0, 0.1) is 17.3 Å². The standard InChI is InChI=1S/C15H26O2/c1-10-6-5-7-15(4)12(10)8-11(9-13(15)16)14(2,3)17/h11-13,16-17H,1,5-9H2,2-4H3/t11-,12?,13+,15-/m1/s1. The molecule has 2 aliphatic rings. The zero-order valence-corrected chi connectivity index (χ0v) is 11.4. The molecule has 0 radical (unpaired) electrons. The molecule has 0 spiro atoms. The van der Waals surface area contributed by atoms with Gasteiger partial charge in [-0.1, -0.05) is 19.1 Å². The van der Waals surface area contributed by atoms with Gasteiger partial charge in [-0.3, -0.25) is 0 Å². The Morgan fingerprint density at radius 2 is 2.00 bits per heavy atom. The zero-order valence-electron chi connectivity index (χ0n) is 11.4. The molecule has 2 saturated carbocycles. The second-order valence-electron chi connectivity index (χ2n) is 6.91. The molecule has 0 amide bonds. The summed E-state index contributed by atoms with van der Waals surface area (Å²) in [5, 5.41) is 20.6. The highest BCUT2D eigenvalue weighted by Crippen LogP contribution is 2.54. The molecule has 17 heavy (non-hydrogen) atoms. The minimum Gasteiger partial charge on any atom is -0.393 e. The van der Waals surface area contributed by atoms with Crippen molar-refractivity contribution in [1.29, 1.82) is 0 Å². The first-order chi connectivity index (χ1) is 7.75. The van der Waals surface area contributed by atoms with Gasteiger partial charge in [-0.25, -0.2) is 0 Å². The van der Waals surface area contributed by atoms with E-state index >= 15 is 0 Å². The molecule has 0 aromatic heterocycles. The van der Waals surface area contributed by atoms with E-state index in [0.717, 1.165) is 32.1 Å². The first-order valence-corrected chi connectivity index (χ1v) is 6.83. The number of aliphatic hydroxyl groups is 2. The molecule has 0 bridgehead atoms. The van der Waals surface area contributed by atoms with Crippen molar-refractivity contribution in [3.05, 3.63) is 12.2 Å². The van der Waals surface area contributed by atoms with Gasteiger partial charge in [0.15, 0.2) is 0 Å². The molecule has 0 aromatic rings. The highest BCUT2D eigenvalue weighted by atomic mass is 16.3. The summed E-state index contributed by atoms with van der Waals surface area (Å²) in [5.41, 5.74) is 0.587. The maximum Gasteiger partial charge on any atom is 0.0620 e. The van der Waals surface area contributed by atoms with Gasteiger partial charge >= 0.3 is 0 Å². The van der Waals surface area contributed by atoms with Crippen molar-refractivity contribution in [2.75, 3.05) is 0 Å². The van der Waals surface area contributed by atoms with Gasteiger partial charge in [-0.05, 0) is 57.8 Å². The van der Waals surface area contributed by atoms with Crippen LogP contribution in [0.15, 0.2) is 12.2 Å². The van der Waals surface area contributed by atoms with Gasteiger partial charge in [0.2, 0.25) is 0 Å². The molecule has 0 aromatic carbocycles. The van der Waals surface area contributed by atoms with Crippen LogP contribution in [0.5, 0.6) is 0 Å². The molecule has 2 rings (SSSR count). The molecule has 1 unspecified atom stereocenters. The van der Waals surface area contributed by atoms with Crippen molar-refractivity contribution in [3.8, 4) is 0 Å². The second kappa shape index (κ2) is 4.10. The van der Waals surface area contributed by atoms with Crippen LogP contribution in [-0.2, 0) is 0 Å². The third kappa shape index (κ3) is 2.17. The summed E-state index contributed by atoms with van der Waals surface area (Å²) in [6, 6.07) is 0. The molecule has 2 aliphatic carbocycles. The third-order valence-electron chi connectivity index (χ3n) is 5.29. The minimum absolute atomic E-state index is 0.00289. The molecule has 0 aliphatic heterocycles. The molecule has 98 valence electrons. The Hall–Kier alpha value is -0.340. The normalized spacial score (nSPS) is 43.4. The van der Waals surface area contributed by atoms with Gasteiger partial charge < -0.3 is 10.2 Å². The Kier molecular flexibility index (Phi) is 3.16. The molecule has 2 fully saturated rings. The number of aliphatic hydroxyl groups excluding tert-OH is 1. The smallest absolute Gasteiger partial charge is 0.0620 e. The van der Waals surface area contributed by atoms with Crippen LogP contribution in [0.4, 0.5) is 0 Å². The Morgan fingerprint density at radius 3 is 2.59 bits per heavy atom. The van der Waals surface area contributed by atoms with Gasteiger partial charge in [0.25, 0.3) is 0 Å². The van der Waals surface area contributed by atoms with E-state index in [1.54, 1.807) is 0 Å². The summed E-state index contributed by atoms with van der Waals surface area (Å²) < 4.78 is 0. The summed E-state index contributed by atoms with van der Waals surface area (Å²) in [7, 11) is 0. The van der Waals surface area contributed by atoms with E-state index in [2.05, 4.69) is 13.5 Å². The average molecular weight is 238 g/mol. The van der Waals surface area contributed by atoms with Crippen molar-refractivity contribution in [1.82, 2.24) is 0 Å². The molecule has 0 saturated heterocycles. The number of rotatable bonds is 1. The van der Waals surface area contributed by atoms with Crippen molar-refractivity contribution >= 4 is 0 Å². The SMILES string of the molecule is C=C1CCC[C@]2(C)C1C[C@@H](C(C)(C)O)C[C@@H]2O. The van der Waals surface area contributed by atoms with Crippen LogP contribution >= 0.6 is 0 Å². The van der Waals surface area contributed by atoms with Crippen molar-refractivity contribution in [2.24, 2.45) is 17.3 Å². The van der Waals surface area contributed by atoms with E-state index in [4.69, 9.17) is 0 Å². The molecule has 4 atom stereocenters. The first-order valence-electron chi connectivity index (χ1n) is 6.83. The van der Waals surface area contributed by atoms with Crippen molar-refractivity contribution in [3.63, 3.8) is 0 Å². The maximum atomic E-state index is 10.5. The monoisotopic (exact) mass is 238 g/mol. The molecule has 2 heteroatoms. The summed E-state index contributed by atoms with van der Waals surface area (Å²) in [6.45, 7) is 10.1. The molecule has 0 heterocycles. The predicted molar refractivity (Wildman–Crippen MR) is 69.6 cm³/mol. The first kappa shape index (κ1) is 13.1. The van der Waals surface area contributed by atoms with Crippen LogP contribution in [0.2, 0.25) is 0 Å². The maximum absolute atomic E-state index is 10.5. The fourth-order valence-corrected chi connectivity index (χ4v) is 3.84. The van der Waals surface area contributed by atoms with Crippen LogP contribution in [0.1, 0.15) is 52.9 Å². The Labute approximate surface area is 105 Å². The van der Waals surface area contributed by atoms with Crippen LogP contribution in [0.3, 0.4) is 0 Å². The van der Waals surface area contributed by atoms with E-state index in [-0.39, 0.29) is 17.4 Å². The topological polar surface area (TPSA) is 40.5 Å².